The van der Waals surface area contributed by atoms with E-state index < -0.39 is 0 Å². The lowest BCUT2D eigenvalue weighted by molar-refractivity contribution is 0.670. The number of para-hydroxylation sites is 6. The van der Waals surface area contributed by atoms with Gasteiger partial charge in [0, 0.05) is 49.6 Å². The number of benzene rings is 10. The van der Waals surface area contributed by atoms with Crippen LogP contribution in [0.25, 0.3) is 93.6 Å². The van der Waals surface area contributed by atoms with Crippen LogP contribution in [0, 0.1) is 0 Å². The molecular formula is C58H38N2O. The summed E-state index contributed by atoms with van der Waals surface area (Å²) in [5, 5.41) is 7.20. The number of furan rings is 1. The summed E-state index contributed by atoms with van der Waals surface area (Å²) in [6.07, 6.45) is 0. The van der Waals surface area contributed by atoms with Crippen molar-refractivity contribution in [3.05, 3.63) is 231 Å². The van der Waals surface area contributed by atoms with Gasteiger partial charge in [-0.3, -0.25) is 0 Å². The highest BCUT2D eigenvalue weighted by atomic mass is 16.3. The Hall–Kier alpha value is -8.14. The first-order valence-corrected chi connectivity index (χ1v) is 20.8. The average Bonchev–Trinajstić information content (AvgIpc) is 3.88. The molecule has 10 aromatic carbocycles. The molecule has 0 fully saturated rings. The standard InChI is InChI=1S/C58H38N2O/c1-2-16-41-37-43(32-31-39(41)15-1)47-20-3-8-26-53(47)59(44-35-33-40(34-36-44)48-24-14-25-52-51-23-7-12-30-57(51)61-58(48)52)45-18-13-17-42(38-45)46-19-4-9-27-54(46)60-55-28-10-5-21-49(55)50-22-6-11-29-56(50)60/h1-38H. The molecule has 3 heteroatoms. The molecular weight excluding hydrogens is 741 g/mol. The number of fused-ring (bicyclic) bond motifs is 7. The van der Waals surface area contributed by atoms with Crippen molar-refractivity contribution < 1.29 is 4.42 Å². The van der Waals surface area contributed by atoms with Gasteiger partial charge in [-0.2, -0.15) is 0 Å². The van der Waals surface area contributed by atoms with Crippen molar-refractivity contribution in [2.45, 2.75) is 0 Å². The quantitative estimate of drug-likeness (QED) is 0.161. The largest absolute Gasteiger partial charge is 0.455 e. The zero-order chi connectivity index (χ0) is 40.3. The maximum absolute atomic E-state index is 6.48. The summed E-state index contributed by atoms with van der Waals surface area (Å²) in [4.78, 5) is 2.41. The van der Waals surface area contributed by atoms with Crippen molar-refractivity contribution in [3.63, 3.8) is 0 Å². The van der Waals surface area contributed by atoms with Crippen molar-refractivity contribution >= 4 is 71.6 Å². The second-order valence-corrected chi connectivity index (χ2v) is 15.7. The van der Waals surface area contributed by atoms with Crippen LogP contribution >= 0.6 is 0 Å². The summed E-state index contributed by atoms with van der Waals surface area (Å²) in [5.74, 6) is 0. The van der Waals surface area contributed by atoms with Gasteiger partial charge < -0.3 is 13.9 Å². The predicted molar refractivity (Wildman–Crippen MR) is 257 cm³/mol. The molecule has 286 valence electrons. The molecule has 12 rings (SSSR count). The first-order valence-electron chi connectivity index (χ1n) is 20.8. The topological polar surface area (TPSA) is 21.3 Å². The van der Waals surface area contributed by atoms with Crippen LogP contribution in [-0.4, -0.2) is 4.57 Å². The van der Waals surface area contributed by atoms with Crippen molar-refractivity contribution in [1.82, 2.24) is 4.57 Å². The van der Waals surface area contributed by atoms with Crippen LogP contribution in [0.4, 0.5) is 17.1 Å². The number of hydrogen-bond donors (Lipinski definition) is 0. The van der Waals surface area contributed by atoms with Crippen LogP contribution in [-0.2, 0) is 0 Å². The summed E-state index contributed by atoms with van der Waals surface area (Å²) in [6.45, 7) is 0. The van der Waals surface area contributed by atoms with Crippen molar-refractivity contribution in [2.75, 3.05) is 4.90 Å². The first kappa shape index (κ1) is 34.9. The Balaban J connectivity index is 1.03. The van der Waals surface area contributed by atoms with Gasteiger partial charge in [-0.15, -0.1) is 0 Å². The Morgan fingerprint density at radius 1 is 0.344 bits per heavy atom. The number of rotatable bonds is 7. The summed E-state index contributed by atoms with van der Waals surface area (Å²) >= 11 is 0. The average molecular weight is 779 g/mol. The molecule has 0 unspecified atom stereocenters. The van der Waals surface area contributed by atoms with Gasteiger partial charge in [-0.25, -0.2) is 0 Å². The van der Waals surface area contributed by atoms with Gasteiger partial charge in [0.15, 0.2) is 0 Å². The normalized spacial score (nSPS) is 11.6. The lowest BCUT2D eigenvalue weighted by Gasteiger charge is -2.28. The maximum Gasteiger partial charge on any atom is 0.143 e. The van der Waals surface area contributed by atoms with Crippen LogP contribution in [0.1, 0.15) is 0 Å². The highest BCUT2D eigenvalue weighted by molar-refractivity contribution is 6.11. The van der Waals surface area contributed by atoms with E-state index in [4.69, 9.17) is 4.42 Å². The minimum absolute atomic E-state index is 0.901. The molecule has 0 saturated heterocycles. The molecule has 0 bridgehead atoms. The molecule has 3 nitrogen and oxygen atoms in total. The highest BCUT2D eigenvalue weighted by Gasteiger charge is 2.21. The highest BCUT2D eigenvalue weighted by Crippen LogP contribution is 2.44. The van der Waals surface area contributed by atoms with Gasteiger partial charge in [0.1, 0.15) is 11.2 Å². The van der Waals surface area contributed by atoms with E-state index in [0.717, 1.165) is 72.5 Å². The second-order valence-electron chi connectivity index (χ2n) is 15.7. The summed E-state index contributed by atoms with van der Waals surface area (Å²) in [6, 6.07) is 83.0. The number of anilines is 3. The Morgan fingerprint density at radius 2 is 0.934 bits per heavy atom. The summed E-state index contributed by atoms with van der Waals surface area (Å²) in [7, 11) is 0. The minimum atomic E-state index is 0.901. The van der Waals surface area contributed by atoms with E-state index >= 15 is 0 Å². The minimum Gasteiger partial charge on any atom is -0.455 e. The van der Waals surface area contributed by atoms with Gasteiger partial charge in [-0.05, 0) is 88.1 Å². The van der Waals surface area contributed by atoms with Gasteiger partial charge in [-0.1, -0.05) is 170 Å². The predicted octanol–water partition coefficient (Wildman–Crippen LogP) is 16.3. The second kappa shape index (κ2) is 14.3. The molecule has 0 aliphatic carbocycles. The summed E-state index contributed by atoms with van der Waals surface area (Å²) < 4.78 is 8.89. The molecule has 12 aromatic rings. The molecule has 0 atom stereocenters. The fourth-order valence-corrected chi connectivity index (χ4v) is 9.37. The van der Waals surface area contributed by atoms with E-state index in [0.29, 0.717) is 0 Å². The number of aromatic nitrogens is 1. The van der Waals surface area contributed by atoms with Crippen molar-refractivity contribution in [1.29, 1.82) is 0 Å². The molecule has 0 saturated carbocycles. The zero-order valence-corrected chi connectivity index (χ0v) is 33.2. The van der Waals surface area contributed by atoms with Gasteiger partial charge in [0.05, 0.1) is 22.4 Å². The molecule has 0 aliphatic heterocycles. The third kappa shape index (κ3) is 5.82. The molecule has 0 amide bonds. The Kier molecular flexibility index (Phi) is 8.17. The van der Waals surface area contributed by atoms with Gasteiger partial charge >= 0.3 is 0 Å². The molecule has 2 aromatic heterocycles. The van der Waals surface area contributed by atoms with Crippen molar-refractivity contribution in [3.8, 4) is 39.1 Å². The SMILES string of the molecule is c1cc(-c2ccccc2-n2c3ccccc3c3ccccc32)cc(N(c2ccc(-c3cccc4c3oc3ccccc34)cc2)c2ccccc2-c2ccc3ccccc3c2)c1. The van der Waals surface area contributed by atoms with E-state index in [1.54, 1.807) is 0 Å². The Labute approximate surface area is 353 Å². The van der Waals surface area contributed by atoms with E-state index in [-0.39, 0.29) is 0 Å². The van der Waals surface area contributed by atoms with Crippen molar-refractivity contribution in [2.24, 2.45) is 0 Å². The third-order valence-electron chi connectivity index (χ3n) is 12.2. The summed E-state index contributed by atoms with van der Waals surface area (Å²) in [5.41, 5.74) is 15.3. The molecule has 0 radical (unpaired) electrons. The molecule has 0 aliphatic rings. The smallest absolute Gasteiger partial charge is 0.143 e. The fourth-order valence-electron chi connectivity index (χ4n) is 9.37. The monoisotopic (exact) mass is 778 g/mol. The molecule has 2 heterocycles. The lowest BCUT2D eigenvalue weighted by atomic mass is 9.97. The van der Waals surface area contributed by atoms with E-state index in [1.807, 2.05) is 12.1 Å². The molecule has 0 spiro atoms. The van der Waals surface area contributed by atoms with E-state index in [2.05, 4.69) is 228 Å². The van der Waals surface area contributed by atoms with E-state index in [1.165, 1.54) is 38.1 Å². The fraction of sp³-hybridized carbons (Fsp3) is 0. The van der Waals surface area contributed by atoms with E-state index in [9.17, 15) is 0 Å². The van der Waals surface area contributed by atoms with Gasteiger partial charge in [0.2, 0.25) is 0 Å². The van der Waals surface area contributed by atoms with Crippen LogP contribution in [0.3, 0.4) is 0 Å². The Morgan fingerprint density at radius 3 is 1.75 bits per heavy atom. The molecule has 61 heavy (non-hydrogen) atoms. The van der Waals surface area contributed by atoms with Gasteiger partial charge in [0.25, 0.3) is 0 Å². The van der Waals surface area contributed by atoms with Crippen LogP contribution < -0.4 is 4.90 Å². The Bertz CT molecular complexity index is 3560. The zero-order valence-electron chi connectivity index (χ0n) is 33.2. The number of nitrogens with zero attached hydrogens (tertiary/aromatic N) is 2. The maximum atomic E-state index is 6.48. The third-order valence-corrected chi connectivity index (χ3v) is 12.2. The van der Waals surface area contributed by atoms with Crippen LogP contribution in [0.2, 0.25) is 0 Å². The van der Waals surface area contributed by atoms with Crippen LogP contribution in [0.5, 0.6) is 0 Å². The molecule has 0 N–H and O–H groups in total. The lowest BCUT2D eigenvalue weighted by Crippen LogP contribution is -2.11. The van der Waals surface area contributed by atoms with Crippen LogP contribution in [0.15, 0.2) is 235 Å². The number of hydrogen-bond acceptors (Lipinski definition) is 2. The first-order chi connectivity index (χ1) is 30.3.